The number of sulfonamides is 1. The molecule has 0 aromatic heterocycles. The highest BCUT2D eigenvalue weighted by atomic mass is 127. The molecule has 7 nitrogen and oxygen atoms in total. The Morgan fingerprint density at radius 2 is 2.07 bits per heavy atom. The molecule has 172 valence electrons. The van der Waals surface area contributed by atoms with E-state index in [1.165, 1.54) is 6.07 Å². The summed E-state index contributed by atoms with van der Waals surface area (Å²) in [7, 11) is -3.17. The molecule has 0 heterocycles. The van der Waals surface area contributed by atoms with E-state index in [1.807, 2.05) is 19.9 Å². The number of halogens is 2. The maximum atomic E-state index is 14.3. The van der Waals surface area contributed by atoms with Crippen LogP contribution in [0.1, 0.15) is 51.6 Å². The van der Waals surface area contributed by atoms with Crippen LogP contribution in [0.4, 0.5) is 4.39 Å². The predicted octanol–water partition coefficient (Wildman–Crippen LogP) is 3.18. The van der Waals surface area contributed by atoms with Crippen molar-refractivity contribution in [1.29, 1.82) is 0 Å². The fourth-order valence-electron chi connectivity index (χ4n) is 2.60. The number of hydrogen-bond acceptors (Lipinski definition) is 4. The molecule has 2 rings (SSSR count). The van der Waals surface area contributed by atoms with Gasteiger partial charge in [0.05, 0.1) is 18.4 Å². The van der Waals surface area contributed by atoms with Gasteiger partial charge in [-0.25, -0.2) is 17.5 Å². The van der Waals surface area contributed by atoms with E-state index in [4.69, 9.17) is 4.74 Å². The van der Waals surface area contributed by atoms with Gasteiger partial charge in [0.25, 0.3) is 0 Å². The van der Waals surface area contributed by atoms with Gasteiger partial charge in [0.2, 0.25) is 10.0 Å². The van der Waals surface area contributed by atoms with E-state index in [2.05, 4.69) is 20.3 Å². The zero-order valence-corrected chi connectivity index (χ0v) is 21.1. The Hall–Kier alpha value is -1.14. The lowest BCUT2D eigenvalue weighted by Gasteiger charge is -2.19. The zero-order valence-electron chi connectivity index (χ0n) is 17.9. The van der Waals surface area contributed by atoms with Crippen LogP contribution in [0.3, 0.4) is 0 Å². The summed E-state index contributed by atoms with van der Waals surface area (Å²) in [6, 6.07) is 4.86. The second-order valence-electron chi connectivity index (χ2n) is 7.22. The molecule has 0 radical (unpaired) electrons. The largest absolute Gasteiger partial charge is 0.490 e. The Kier molecular flexibility index (Phi) is 11.9. The van der Waals surface area contributed by atoms with Crippen LogP contribution in [0, 0.1) is 11.7 Å². The number of benzene rings is 1. The lowest BCUT2D eigenvalue weighted by Crippen LogP contribution is -2.39. The molecular weight excluding hydrogens is 522 g/mol. The third-order valence-electron chi connectivity index (χ3n) is 4.63. The summed E-state index contributed by atoms with van der Waals surface area (Å²) in [5.74, 6) is 1.18. The maximum absolute atomic E-state index is 14.3. The van der Waals surface area contributed by atoms with E-state index in [1.54, 1.807) is 13.0 Å². The summed E-state index contributed by atoms with van der Waals surface area (Å²) in [6.45, 7) is 7.58. The highest BCUT2D eigenvalue weighted by Crippen LogP contribution is 2.30. The van der Waals surface area contributed by atoms with Crippen molar-refractivity contribution >= 4 is 40.0 Å². The van der Waals surface area contributed by atoms with Crippen LogP contribution in [0.5, 0.6) is 5.75 Å². The van der Waals surface area contributed by atoms with Gasteiger partial charge in [-0.2, -0.15) is 0 Å². The van der Waals surface area contributed by atoms with Gasteiger partial charge in [0.1, 0.15) is 0 Å². The highest BCUT2D eigenvalue weighted by Gasteiger charge is 2.22. The number of aliphatic imine (C=N–C) groups is 1. The van der Waals surface area contributed by atoms with E-state index < -0.39 is 10.0 Å². The molecule has 0 saturated heterocycles. The highest BCUT2D eigenvalue weighted by molar-refractivity contribution is 14.0. The molecule has 1 aliphatic carbocycles. The second kappa shape index (κ2) is 13.3. The Labute approximate surface area is 196 Å². The average Bonchev–Trinajstić information content (AvgIpc) is 3.51. The molecule has 10 heteroatoms. The molecule has 0 spiro atoms. The number of ether oxygens (including phenoxy) is 1. The minimum Gasteiger partial charge on any atom is -0.490 e. The quantitative estimate of drug-likeness (QED) is 0.159. The summed E-state index contributed by atoms with van der Waals surface area (Å²) in [4.78, 5) is 4.46. The molecule has 0 aliphatic heterocycles. The Morgan fingerprint density at radius 3 is 2.67 bits per heavy atom. The van der Waals surface area contributed by atoms with Crippen molar-refractivity contribution in [3.8, 4) is 5.75 Å². The smallest absolute Gasteiger partial charge is 0.211 e. The minimum absolute atomic E-state index is 0. The first kappa shape index (κ1) is 26.9. The Morgan fingerprint density at radius 1 is 1.33 bits per heavy atom. The summed E-state index contributed by atoms with van der Waals surface area (Å²) >= 11 is 0. The summed E-state index contributed by atoms with van der Waals surface area (Å²) in [6.07, 6.45) is 2.92. The molecule has 1 saturated carbocycles. The molecule has 3 N–H and O–H groups in total. The molecule has 1 atom stereocenters. The van der Waals surface area contributed by atoms with Crippen LogP contribution in [-0.4, -0.2) is 46.4 Å². The van der Waals surface area contributed by atoms with E-state index in [0.29, 0.717) is 50.3 Å². The van der Waals surface area contributed by atoms with E-state index in [-0.39, 0.29) is 41.6 Å². The van der Waals surface area contributed by atoms with Crippen LogP contribution in [-0.2, 0) is 10.0 Å². The van der Waals surface area contributed by atoms with Crippen LogP contribution >= 0.6 is 24.0 Å². The van der Waals surface area contributed by atoms with Crippen molar-refractivity contribution in [2.24, 2.45) is 10.9 Å². The Bertz CT molecular complexity index is 788. The second-order valence-corrected chi connectivity index (χ2v) is 9.32. The van der Waals surface area contributed by atoms with E-state index in [9.17, 15) is 12.8 Å². The molecule has 1 fully saturated rings. The van der Waals surface area contributed by atoms with Gasteiger partial charge in [-0.1, -0.05) is 6.07 Å². The zero-order chi connectivity index (χ0) is 21.3. The lowest BCUT2D eigenvalue weighted by molar-refractivity contribution is 0.285. The van der Waals surface area contributed by atoms with Crippen LogP contribution in [0.25, 0.3) is 0 Å². The topological polar surface area (TPSA) is 91.8 Å². The van der Waals surface area contributed by atoms with Gasteiger partial charge >= 0.3 is 0 Å². The first-order valence-corrected chi connectivity index (χ1v) is 11.9. The van der Waals surface area contributed by atoms with Crippen LogP contribution in [0.15, 0.2) is 23.2 Å². The number of nitrogens with one attached hydrogen (secondary N) is 3. The normalized spacial score (nSPS) is 15.3. The number of nitrogens with zero attached hydrogens (tertiary/aromatic N) is 1. The SMILES string of the molecule is CCNC(=NCCCNS(=O)(=O)CC)NC(C)c1ccc(OCC2CC2)c(F)c1.I. The molecular formula is C20H34FIN4O3S. The summed E-state index contributed by atoms with van der Waals surface area (Å²) in [5.41, 5.74) is 0.794. The number of rotatable bonds is 12. The lowest BCUT2D eigenvalue weighted by atomic mass is 10.1. The fourth-order valence-corrected chi connectivity index (χ4v) is 3.26. The molecule has 1 aliphatic rings. The van der Waals surface area contributed by atoms with Gasteiger partial charge in [-0.15, -0.1) is 24.0 Å². The van der Waals surface area contributed by atoms with Gasteiger partial charge in [0, 0.05) is 19.6 Å². The van der Waals surface area contributed by atoms with Crippen molar-refractivity contribution in [2.75, 3.05) is 32.0 Å². The first-order chi connectivity index (χ1) is 13.8. The van der Waals surface area contributed by atoms with Crippen molar-refractivity contribution in [2.45, 2.75) is 46.1 Å². The molecule has 0 bridgehead atoms. The number of guanidine groups is 1. The van der Waals surface area contributed by atoms with Gasteiger partial charge in [-0.05, 0) is 63.6 Å². The van der Waals surface area contributed by atoms with Crippen LogP contribution in [0.2, 0.25) is 0 Å². The third-order valence-corrected chi connectivity index (χ3v) is 6.04. The first-order valence-electron chi connectivity index (χ1n) is 10.3. The van der Waals surface area contributed by atoms with Gasteiger partial charge < -0.3 is 15.4 Å². The Balaban J connectivity index is 0.00000450. The van der Waals surface area contributed by atoms with Crippen molar-refractivity contribution < 1.29 is 17.5 Å². The van der Waals surface area contributed by atoms with Crippen molar-refractivity contribution in [1.82, 2.24) is 15.4 Å². The average molecular weight is 556 g/mol. The third kappa shape index (κ3) is 9.78. The fraction of sp³-hybridized carbons (Fsp3) is 0.650. The van der Waals surface area contributed by atoms with Crippen molar-refractivity contribution in [3.63, 3.8) is 0 Å². The molecule has 0 amide bonds. The van der Waals surface area contributed by atoms with Crippen molar-refractivity contribution in [3.05, 3.63) is 29.6 Å². The molecule has 1 unspecified atom stereocenters. The molecule has 1 aromatic carbocycles. The van der Waals surface area contributed by atoms with E-state index >= 15 is 0 Å². The standard InChI is InChI=1S/C20H33FN4O3S.HI/c1-4-22-20(23-11-6-12-24-29(26,27)5-2)25-15(3)17-9-10-19(18(21)13-17)28-14-16-7-8-16;/h9-10,13,15-16,24H,4-8,11-12,14H2,1-3H3,(H2,22,23,25);1H. The van der Waals surface area contributed by atoms with E-state index in [0.717, 1.165) is 18.4 Å². The minimum atomic E-state index is -3.17. The van der Waals surface area contributed by atoms with Gasteiger partial charge in [0.15, 0.2) is 17.5 Å². The van der Waals surface area contributed by atoms with Gasteiger partial charge in [-0.3, -0.25) is 4.99 Å². The molecule has 1 aromatic rings. The maximum Gasteiger partial charge on any atom is 0.211 e. The monoisotopic (exact) mass is 556 g/mol. The molecule has 30 heavy (non-hydrogen) atoms. The predicted molar refractivity (Wildman–Crippen MR) is 130 cm³/mol. The summed E-state index contributed by atoms with van der Waals surface area (Å²) < 4.78 is 45.2. The number of hydrogen-bond donors (Lipinski definition) is 3. The summed E-state index contributed by atoms with van der Waals surface area (Å²) in [5, 5.41) is 6.40. The van der Waals surface area contributed by atoms with Crippen LogP contribution < -0.4 is 20.1 Å².